The van der Waals surface area contributed by atoms with Gasteiger partial charge in [-0.15, -0.1) is 18.3 Å². The van der Waals surface area contributed by atoms with Crippen LogP contribution in [-0.4, -0.2) is 18.3 Å². The molecule has 0 bridgehead atoms. The van der Waals surface area contributed by atoms with E-state index in [0.717, 1.165) is 6.54 Å². The maximum atomic E-state index is 3.74. The summed E-state index contributed by atoms with van der Waals surface area (Å²) in [5, 5.41) is 3.48. The van der Waals surface area contributed by atoms with E-state index in [9.17, 15) is 0 Å². The fourth-order valence-electron chi connectivity index (χ4n) is 2.01. The Morgan fingerprint density at radius 2 is 2.40 bits per heavy atom. The van der Waals surface area contributed by atoms with E-state index in [-0.39, 0.29) is 0 Å². The molecule has 1 aliphatic heterocycles. The minimum absolute atomic E-state index is 0.527. The fraction of sp³-hybridized carbons (Fsp3) is 0.385. The molecule has 0 aliphatic carbocycles. The molecule has 80 valence electrons. The Morgan fingerprint density at radius 3 is 3.20 bits per heavy atom. The Labute approximate surface area is 96.0 Å². The van der Waals surface area contributed by atoms with Gasteiger partial charge in [0.05, 0.1) is 0 Å². The third-order valence-corrected chi connectivity index (χ3v) is 4.13. The molecule has 1 N–H and O–H groups in total. The third-order valence-electron chi connectivity index (χ3n) is 2.92. The molecule has 2 unspecified atom stereocenters. The van der Waals surface area contributed by atoms with Gasteiger partial charge >= 0.3 is 0 Å². The van der Waals surface area contributed by atoms with Gasteiger partial charge in [-0.2, -0.15) is 0 Å². The minimum Gasteiger partial charge on any atom is -0.310 e. The maximum Gasteiger partial charge on any atom is 0.0135 e. The predicted octanol–water partition coefficient (Wildman–Crippen LogP) is 3.04. The predicted molar refractivity (Wildman–Crippen MR) is 67.6 cm³/mol. The van der Waals surface area contributed by atoms with Gasteiger partial charge in [0.1, 0.15) is 0 Å². The van der Waals surface area contributed by atoms with Crippen LogP contribution in [0.5, 0.6) is 0 Å². The number of fused-ring (bicyclic) bond motifs is 1. The van der Waals surface area contributed by atoms with Gasteiger partial charge in [0.15, 0.2) is 0 Å². The van der Waals surface area contributed by atoms with Gasteiger partial charge in [0.2, 0.25) is 0 Å². The van der Waals surface area contributed by atoms with E-state index in [4.69, 9.17) is 0 Å². The number of nitrogens with one attached hydrogen (secondary N) is 1. The number of benzene rings is 1. The van der Waals surface area contributed by atoms with Gasteiger partial charge in [-0.1, -0.05) is 24.3 Å². The smallest absolute Gasteiger partial charge is 0.0135 e. The van der Waals surface area contributed by atoms with E-state index < -0.39 is 0 Å². The van der Waals surface area contributed by atoms with Crippen molar-refractivity contribution >= 4 is 11.8 Å². The van der Waals surface area contributed by atoms with Crippen molar-refractivity contribution in [3.63, 3.8) is 0 Å². The van der Waals surface area contributed by atoms with Gasteiger partial charge in [-0.05, 0) is 18.6 Å². The highest BCUT2D eigenvalue weighted by atomic mass is 32.2. The van der Waals surface area contributed by atoms with Crippen molar-refractivity contribution in [3.8, 4) is 0 Å². The van der Waals surface area contributed by atoms with Crippen LogP contribution < -0.4 is 5.32 Å². The highest BCUT2D eigenvalue weighted by Crippen LogP contribution is 2.40. The average molecular weight is 219 g/mol. The van der Waals surface area contributed by atoms with Gasteiger partial charge in [-0.25, -0.2) is 0 Å². The van der Waals surface area contributed by atoms with E-state index in [1.54, 1.807) is 0 Å². The molecule has 0 radical (unpaired) electrons. The van der Waals surface area contributed by atoms with E-state index in [2.05, 4.69) is 43.1 Å². The summed E-state index contributed by atoms with van der Waals surface area (Å²) in [4.78, 5) is 1.45. The summed E-state index contributed by atoms with van der Waals surface area (Å²) >= 11 is 1.97. The van der Waals surface area contributed by atoms with Crippen molar-refractivity contribution in [3.05, 3.63) is 42.5 Å². The van der Waals surface area contributed by atoms with Crippen LogP contribution >= 0.6 is 11.8 Å². The number of hydrogen-bond donors (Lipinski definition) is 1. The summed E-state index contributed by atoms with van der Waals surface area (Å²) in [5.41, 5.74) is 1.51. The van der Waals surface area contributed by atoms with Crippen molar-refractivity contribution < 1.29 is 0 Å². The Hall–Kier alpha value is -0.730. The van der Waals surface area contributed by atoms with Crippen LogP contribution in [0, 0.1) is 0 Å². The van der Waals surface area contributed by atoms with Crippen LogP contribution in [-0.2, 0) is 0 Å². The van der Waals surface area contributed by atoms with Crippen molar-refractivity contribution in [2.45, 2.75) is 23.8 Å². The summed E-state index contributed by atoms with van der Waals surface area (Å²) in [6.07, 6.45) is 1.92. The number of hydrogen-bond acceptors (Lipinski definition) is 2. The quantitative estimate of drug-likeness (QED) is 0.781. The Kier molecular flexibility index (Phi) is 3.49. The molecule has 2 rings (SSSR count). The highest BCUT2D eigenvalue weighted by molar-refractivity contribution is 7.99. The first-order valence-electron chi connectivity index (χ1n) is 5.39. The molecule has 1 nitrogen and oxygen atoms in total. The lowest BCUT2D eigenvalue weighted by Crippen LogP contribution is -2.32. The lowest BCUT2D eigenvalue weighted by atomic mass is 9.94. The van der Waals surface area contributed by atoms with Crippen molar-refractivity contribution in [2.24, 2.45) is 0 Å². The standard InChI is InChI=1S/C13H17NS/c1-3-8-14-10(2)12-9-15-13-7-5-4-6-11(12)13/h3-7,10,12,14H,1,8-9H2,2H3. The molecule has 0 spiro atoms. The Bertz CT molecular complexity index is 348. The monoisotopic (exact) mass is 219 g/mol. The van der Waals surface area contributed by atoms with Crippen molar-refractivity contribution in [1.29, 1.82) is 0 Å². The summed E-state index contributed by atoms with van der Waals surface area (Å²) in [6.45, 7) is 6.89. The first kappa shape index (κ1) is 10.8. The van der Waals surface area contributed by atoms with Crippen LogP contribution in [0.2, 0.25) is 0 Å². The van der Waals surface area contributed by atoms with E-state index in [0.29, 0.717) is 12.0 Å². The number of thioether (sulfide) groups is 1. The van der Waals surface area contributed by atoms with Crippen molar-refractivity contribution in [2.75, 3.05) is 12.3 Å². The Morgan fingerprint density at radius 1 is 1.60 bits per heavy atom. The molecule has 1 aromatic rings. The first-order valence-corrected chi connectivity index (χ1v) is 6.37. The summed E-state index contributed by atoms with van der Waals surface area (Å²) in [5.74, 6) is 1.84. The summed E-state index contributed by atoms with van der Waals surface area (Å²) in [6, 6.07) is 9.26. The third kappa shape index (κ3) is 2.27. The lowest BCUT2D eigenvalue weighted by Gasteiger charge is -2.20. The molecule has 0 amide bonds. The molecule has 1 heterocycles. The molecule has 0 fully saturated rings. The van der Waals surface area contributed by atoms with Crippen LogP contribution in [0.3, 0.4) is 0 Å². The second-order valence-electron chi connectivity index (χ2n) is 3.94. The highest BCUT2D eigenvalue weighted by Gasteiger charge is 2.26. The average Bonchev–Trinajstić information content (AvgIpc) is 2.69. The van der Waals surface area contributed by atoms with Crippen LogP contribution in [0.25, 0.3) is 0 Å². The molecule has 0 aromatic heterocycles. The van der Waals surface area contributed by atoms with Gasteiger partial charge in [-0.3, -0.25) is 0 Å². The zero-order valence-corrected chi connectivity index (χ0v) is 9.89. The molecule has 0 saturated carbocycles. The van der Waals surface area contributed by atoms with Crippen molar-refractivity contribution in [1.82, 2.24) is 5.32 Å². The van der Waals surface area contributed by atoms with Gasteiger partial charge in [0.25, 0.3) is 0 Å². The first-order chi connectivity index (χ1) is 7.33. The van der Waals surface area contributed by atoms with Crippen LogP contribution in [0.4, 0.5) is 0 Å². The summed E-state index contributed by atoms with van der Waals surface area (Å²) < 4.78 is 0. The second kappa shape index (κ2) is 4.86. The van der Waals surface area contributed by atoms with Crippen LogP contribution in [0.15, 0.2) is 41.8 Å². The van der Waals surface area contributed by atoms with E-state index in [1.165, 1.54) is 16.2 Å². The molecule has 2 atom stereocenters. The maximum absolute atomic E-state index is 3.74. The number of rotatable bonds is 4. The van der Waals surface area contributed by atoms with Crippen LogP contribution in [0.1, 0.15) is 18.4 Å². The molecule has 15 heavy (non-hydrogen) atoms. The lowest BCUT2D eigenvalue weighted by molar-refractivity contribution is 0.511. The zero-order valence-electron chi connectivity index (χ0n) is 9.07. The second-order valence-corrected chi connectivity index (χ2v) is 5.00. The van der Waals surface area contributed by atoms with Gasteiger partial charge < -0.3 is 5.32 Å². The molecule has 0 saturated heterocycles. The molecule has 1 aromatic carbocycles. The molecule has 2 heteroatoms. The minimum atomic E-state index is 0.527. The molecule has 1 aliphatic rings. The largest absolute Gasteiger partial charge is 0.310 e. The van der Waals surface area contributed by atoms with Gasteiger partial charge in [0, 0.05) is 29.2 Å². The van der Waals surface area contributed by atoms with E-state index >= 15 is 0 Å². The Balaban J connectivity index is 2.09. The molecular weight excluding hydrogens is 202 g/mol. The SMILES string of the molecule is C=CCNC(C)C1CSc2ccccc21. The van der Waals surface area contributed by atoms with E-state index in [1.807, 2.05) is 17.8 Å². The molecular formula is C13H17NS. The fourth-order valence-corrected chi connectivity index (χ4v) is 3.40. The normalized spacial score (nSPS) is 21.0. The summed E-state index contributed by atoms with van der Waals surface area (Å²) in [7, 11) is 0. The topological polar surface area (TPSA) is 12.0 Å². The zero-order chi connectivity index (χ0) is 10.7.